The number of ketones is 1. The van der Waals surface area contributed by atoms with Crippen molar-refractivity contribution < 1.29 is 19.4 Å². The third kappa shape index (κ3) is 3.42. The molecule has 33 heavy (non-hydrogen) atoms. The number of thiazole rings is 1. The number of aromatic nitrogens is 1. The summed E-state index contributed by atoms with van der Waals surface area (Å²) < 4.78 is 6.49. The number of fused-ring (bicyclic) bond motifs is 1. The number of carbonyl (C=O) groups is 2. The molecule has 1 aliphatic heterocycles. The number of carbonyl (C=O) groups excluding carboxylic acids is 2. The molecule has 6 nitrogen and oxygen atoms in total. The lowest BCUT2D eigenvalue weighted by Gasteiger charge is -2.25. The summed E-state index contributed by atoms with van der Waals surface area (Å²) in [6.07, 6.45) is 0. The summed E-state index contributed by atoms with van der Waals surface area (Å²) >= 11 is 2.62. The number of benzene rings is 2. The molecule has 1 N–H and O–H groups in total. The molecule has 4 aromatic rings. The summed E-state index contributed by atoms with van der Waals surface area (Å²) in [4.78, 5) is 33.4. The van der Waals surface area contributed by atoms with Crippen LogP contribution in [0.3, 0.4) is 0 Å². The molecule has 2 aromatic heterocycles. The molecule has 166 valence electrons. The van der Waals surface area contributed by atoms with Gasteiger partial charge in [0.2, 0.25) is 5.78 Å². The van der Waals surface area contributed by atoms with Crippen molar-refractivity contribution in [2.75, 3.05) is 12.0 Å². The third-order valence-corrected chi connectivity index (χ3v) is 7.53. The Kier molecular flexibility index (Phi) is 5.26. The molecule has 3 heterocycles. The van der Waals surface area contributed by atoms with Crippen LogP contribution in [0.25, 0.3) is 10.2 Å². The quantitative estimate of drug-likeness (QED) is 0.370. The smallest absolute Gasteiger partial charge is 0.296 e. The van der Waals surface area contributed by atoms with Gasteiger partial charge >= 0.3 is 0 Å². The topological polar surface area (TPSA) is 79.7 Å². The van der Waals surface area contributed by atoms with E-state index < -0.39 is 17.7 Å². The Bertz CT molecular complexity index is 1440. The molecule has 1 amide bonds. The lowest BCUT2D eigenvalue weighted by atomic mass is 9.95. The van der Waals surface area contributed by atoms with Crippen LogP contribution in [0, 0.1) is 13.8 Å². The van der Waals surface area contributed by atoms with Gasteiger partial charge < -0.3 is 9.84 Å². The molecule has 0 bridgehead atoms. The van der Waals surface area contributed by atoms with E-state index >= 15 is 0 Å². The number of aliphatic hydroxyl groups excluding tert-OH is 1. The van der Waals surface area contributed by atoms with Crippen LogP contribution in [0.4, 0.5) is 5.13 Å². The van der Waals surface area contributed by atoms with Crippen molar-refractivity contribution >= 4 is 49.7 Å². The molecule has 8 heteroatoms. The Morgan fingerprint density at radius 1 is 1.15 bits per heavy atom. The number of aryl methyl sites for hydroxylation is 2. The zero-order chi connectivity index (χ0) is 23.3. The summed E-state index contributed by atoms with van der Waals surface area (Å²) in [7, 11) is 1.54. The van der Waals surface area contributed by atoms with Gasteiger partial charge in [-0.1, -0.05) is 41.7 Å². The number of para-hydroxylation sites is 1. The predicted octanol–water partition coefficient (Wildman–Crippen LogP) is 5.77. The standard InChI is InChI=1S/C25H20N2O4S2/c1-13-11-14(2)20-18(12-13)33-25(26-20)27-21(15-7-4-5-8-16(15)31-3)19(23(29)24(27)30)22(28)17-9-6-10-32-17/h4-12,21,29H,1-3H3/t21-/m1/s1. The van der Waals surface area contributed by atoms with Gasteiger partial charge in [-0.3, -0.25) is 14.5 Å². The number of ether oxygens (including phenoxy) is 1. The van der Waals surface area contributed by atoms with Crippen molar-refractivity contribution in [2.45, 2.75) is 19.9 Å². The summed E-state index contributed by atoms with van der Waals surface area (Å²) in [5.74, 6) is -1.09. The van der Waals surface area contributed by atoms with Gasteiger partial charge in [-0.05, 0) is 48.6 Å². The number of hydrogen-bond donors (Lipinski definition) is 1. The van der Waals surface area contributed by atoms with E-state index in [0.717, 1.165) is 21.3 Å². The highest BCUT2D eigenvalue weighted by Gasteiger charge is 2.47. The predicted molar refractivity (Wildman–Crippen MR) is 131 cm³/mol. The Labute approximate surface area is 198 Å². The summed E-state index contributed by atoms with van der Waals surface area (Å²) in [6, 6.07) is 13.8. The summed E-state index contributed by atoms with van der Waals surface area (Å²) in [5, 5.41) is 13.1. The van der Waals surface area contributed by atoms with E-state index in [4.69, 9.17) is 9.72 Å². The van der Waals surface area contributed by atoms with E-state index in [0.29, 0.717) is 21.3 Å². The second kappa shape index (κ2) is 8.13. The van der Waals surface area contributed by atoms with E-state index in [1.807, 2.05) is 38.1 Å². The number of thiophene rings is 1. The van der Waals surface area contributed by atoms with Gasteiger partial charge in [-0.2, -0.15) is 0 Å². The normalized spacial score (nSPS) is 16.2. The number of methoxy groups -OCH3 is 1. The zero-order valence-corrected chi connectivity index (χ0v) is 19.8. The molecule has 5 rings (SSSR count). The molecule has 0 spiro atoms. The maximum absolute atomic E-state index is 13.5. The number of nitrogens with zero attached hydrogens (tertiary/aromatic N) is 2. The van der Waals surface area contributed by atoms with Crippen molar-refractivity contribution in [3.05, 3.63) is 86.8 Å². The SMILES string of the molecule is COc1ccccc1[C@@H]1C(C(=O)c2cccs2)=C(O)C(=O)N1c1nc2c(C)cc(C)cc2s1. The molecular weight excluding hydrogens is 456 g/mol. The fourth-order valence-electron chi connectivity index (χ4n) is 4.22. The van der Waals surface area contributed by atoms with Crippen LogP contribution in [-0.4, -0.2) is 28.9 Å². The first-order valence-corrected chi connectivity index (χ1v) is 12.0. The van der Waals surface area contributed by atoms with Crippen LogP contribution in [0.1, 0.15) is 32.4 Å². The van der Waals surface area contributed by atoms with E-state index in [1.165, 1.54) is 34.7 Å². The molecule has 1 aliphatic rings. The molecule has 0 saturated heterocycles. The fraction of sp³-hybridized carbons (Fsp3) is 0.160. The number of aliphatic hydroxyl groups is 1. The molecule has 0 aliphatic carbocycles. The van der Waals surface area contributed by atoms with Gasteiger partial charge in [0.15, 0.2) is 10.9 Å². The van der Waals surface area contributed by atoms with E-state index in [9.17, 15) is 14.7 Å². The van der Waals surface area contributed by atoms with Gasteiger partial charge in [0.1, 0.15) is 11.8 Å². The minimum atomic E-state index is -0.870. The van der Waals surface area contributed by atoms with Crippen molar-refractivity contribution in [2.24, 2.45) is 0 Å². The summed E-state index contributed by atoms with van der Waals surface area (Å²) in [5.41, 5.74) is 3.52. The second-order valence-electron chi connectivity index (χ2n) is 7.81. The molecule has 0 radical (unpaired) electrons. The Balaban J connectivity index is 1.73. The van der Waals surface area contributed by atoms with Crippen LogP contribution in [0.5, 0.6) is 5.75 Å². The van der Waals surface area contributed by atoms with Gasteiger partial charge in [0.05, 0.1) is 27.8 Å². The third-order valence-electron chi connectivity index (χ3n) is 5.66. The number of amides is 1. The Hall–Kier alpha value is -3.49. The van der Waals surface area contributed by atoms with Crippen LogP contribution < -0.4 is 9.64 Å². The minimum Gasteiger partial charge on any atom is -0.503 e. The fourth-order valence-corrected chi connectivity index (χ4v) is 6.07. The van der Waals surface area contributed by atoms with Crippen LogP contribution in [0.15, 0.2) is 65.2 Å². The van der Waals surface area contributed by atoms with Gasteiger partial charge in [0.25, 0.3) is 5.91 Å². The molecule has 0 saturated carbocycles. The lowest BCUT2D eigenvalue weighted by molar-refractivity contribution is -0.117. The molecule has 0 unspecified atom stereocenters. The molecular formula is C25H20N2O4S2. The monoisotopic (exact) mass is 476 g/mol. The number of anilines is 1. The Morgan fingerprint density at radius 2 is 1.94 bits per heavy atom. The lowest BCUT2D eigenvalue weighted by Crippen LogP contribution is -2.31. The molecule has 1 atom stereocenters. The van der Waals surface area contributed by atoms with E-state index in [2.05, 4.69) is 0 Å². The zero-order valence-electron chi connectivity index (χ0n) is 18.2. The summed E-state index contributed by atoms with van der Waals surface area (Å²) in [6.45, 7) is 3.99. The molecule has 2 aromatic carbocycles. The largest absolute Gasteiger partial charge is 0.503 e. The second-order valence-corrected chi connectivity index (χ2v) is 9.77. The van der Waals surface area contributed by atoms with Crippen LogP contribution in [0.2, 0.25) is 0 Å². The van der Waals surface area contributed by atoms with E-state index in [1.54, 1.807) is 29.6 Å². The first kappa shape index (κ1) is 21.4. The van der Waals surface area contributed by atoms with Gasteiger partial charge in [-0.25, -0.2) is 4.98 Å². The maximum Gasteiger partial charge on any atom is 0.296 e. The van der Waals surface area contributed by atoms with Crippen LogP contribution >= 0.6 is 22.7 Å². The van der Waals surface area contributed by atoms with Gasteiger partial charge in [-0.15, -0.1) is 11.3 Å². The highest BCUT2D eigenvalue weighted by molar-refractivity contribution is 7.22. The van der Waals surface area contributed by atoms with Crippen molar-refractivity contribution in [1.29, 1.82) is 0 Å². The van der Waals surface area contributed by atoms with Crippen molar-refractivity contribution in [3.8, 4) is 5.75 Å². The highest BCUT2D eigenvalue weighted by atomic mass is 32.1. The van der Waals surface area contributed by atoms with Crippen molar-refractivity contribution in [3.63, 3.8) is 0 Å². The van der Waals surface area contributed by atoms with E-state index in [-0.39, 0.29) is 11.4 Å². The Morgan fingerprint density at radius 3 is 2.67 bits per heavy atom. The molecule has 0 fully saturated rings. The maximum atomic E-state index is 13.5. The number of Topliss-reactive ketones (excluding diaryl/α,β-unsaturated/α-hetero) is 1. The van der Waals surface area contributed by atoms with Crippen molar-refractivity contribution in [1.82, 2.24) is 4.98 Å². The van der Waals surface area contributed by atoms with Gasteiger partial charge in [0, 0.05) is 5.56 Å². The first-order valence-electron chi connectivity index (χ1n) is 10.3. The highest BCUT2D eigenvalue weighted by Crippen LogP contribution is 2.46. The average molecular weight is 477 g/mol. The number of hydrogen-bond acceptors (Lipinski definition) is 7. The van der Waals surface area contributed by atoms with Crippen LogP contribution in [-0.2, 0) is 4.79 Å². The average Bonchev–Trinajstić information content (AvgIpc) is 3.52. The minimum absolute atomic E-state index is 0.0270. The first-order chi connectivity index (χ1) is 15.9. The number of rotatable bonds is 5.